The van der Waals surface area contributed by atoms with E-state index < -0.39 is 6.10 Å². The van der Waals surface area contributed by atoms with E-state index in [1.807, 2.05) is 48.4 Å². The lowest BCUT2D eigenvalue weighted by atomic mass is 9.96. The minimum Gasteiger partial charge on any atom is -0.496 e. The van der Waals surface area contributed by atoms with Gasteiger partial charge in [-0.2, -0.15) is 0 Å². The van der Waals surface area contributed by atoms with E-state index in [9.17, 15) is 9.59 Å². The number of rotatable bonds is 6. The molecular formula is C22H19NO4. The topological polar surface area (TPSA) is 64.6 Å². The molecule has 1 aliphatic carbocycles. The number of allylic oxidation sites excluding steroid dienone is 2. The number of hydrogen-bond donors (Lipinski definition) is 1. The van der Waals surface area contributed by atoms with Crippen LogP contribution >= 0.6 is 0 Å². The summed E-state index contributed by atoms with van der Waals surface area (Å²) in [5.41, 5.74) is 1.46. The van der Waals surface area contributed by atoms with Crippen molar-refractivity contribution in [3.8, 4) is 11.5 Å². The second-order valence-electron chi connectivity index (χ2n) is 5.84. The third kappa shape index (κ3) is 4.35. The van der Waals surface area contributed by atoms with Crippen molar-refractivity contribution in [3.63, 3.8) is 0 Å². The lowest BCUT2D eigenvalue weighted by molar-refractivity contribution is -0.118. The second-order valence-corrected chi connectivity index (χ2v) is 5.84. The van der Waals surface area contributed by atoms with Crippen LogP contribution in [0.1, 0.15) is 5.56 Å². The molecule has 27 heavy (non-hydrogen) atoms. The summed E-state index contributed by atoms with van der Waals surface area (Å²) in [5.74, 6) is 2.80. The van der Waals surface area contributed by atoms with Gasteiger partial charge in [0.25, 0.3) is 5.91 Å². The van der Waals surface area contributed by atoms with Crippen molar-refractivity contribution in [2.24, 2.45) is 0 Å². The Hall–Kier alpha value is -3.56. The zero-order valence-electron chi connectivity index (χ0n) is 14.8. The molecule has 136 valence electrons. The Labute approximate surface area is 157 Å². The summed E-state index contributed by atoms with van der Waals surface area (Å²) in [6.45, 7) is 0.294. The molecule has 0 aromatic heterocycles. The average Bonchev–Trinajstić information content (AvgIpc) is 2.73. The maximum atomic E-state index is 12.8. The fourth-order valence-corrected chi connectivity index (χ4v) is 2.77. The highest BCUT2D eigenvalue weighted by Gasteiger charge is 2.28. The smallest absolute Gasteiger partial charge is 0.251 e. The number of benzene rings is 2. The van der Waals surface area contributed by atoms with Gasteiger partial charge in [0.1, 0.15) is 17.4 Å². The second kappa shape index (κ2) is 8.70. The lowest BCUT2D eigenvalue weighted by Gasteiger charge is -2.23. The number of carbonyl (C=O) groups excluding carboxylic acids is 2. The van der Waals surface area contributed by atoms with E-state index in [-0.39, 0.29) is 11.5 Å². The summed E-state index contributed by atoms with van der Waals surface area (Å²) in [6, 6.07) is 16.5. The summed E-state index contributed by atoms with van der Waals surface area (Å²) in [7, 11) is 1.58. The summed E-state index contributed by atoms with van der Waals surface area (Å²) in [4.78, 5) is 24.1. The van der Waals surface area contributed by atoms with Crippen molar-refractivity contribution in [3.05, 3.63) is 89.5 Å². The number of para-hydroxylation sites is 2. The monoisotopic (exact) mass is 361 g/mol. The first-order valence-electron chi connectivity index (χ1n) is 8.48. The van der Waals surface area contributed by atoms with Crippen molar-refractivity contribution in [2.75, 3.05) is 7.11 Å². The molecule has 0 bridgehead atoms. The van der Waals surface area contributed by atoms with E-state index >= 15 is 0 Å². The Morgan fingerprint density at radius 3 is 2.59 bits per heavy atom. The van der Waals surface area contributed by atoms with E-state index in [0.29, 0.717) is 23.6 Å². The molecule has 1 unspecified atom stereocenters. The molecule has 0 saturated carbocycles. The van der Waals surface area contributed by atoms with E-state index in [1.54, 1.807) is 37.5 Å². The Morgan fingerprint density at radius 2 is 1.85 bits per heavy atom. The summed E-state index contributed by atoms with van der Waals surface area (Å²) in [6.07, 6.45) is 4.07. The minimum atomic E-state index is -0.812. The summed E-state index contributed by atoms with van der Waals surface area (Å²) < 4.78 is 11.2. The SMILES string of the molecule is COc1ccccc1CNC(=O)C1=CC=CC(=C=O)C1Oc1ccccc1. The Bertz CT molecular complexity index is 924. The first kappa shape index (κ1) is 18.2. The van der Waals surface area contributed by atoms with Gasteiger partial charge in [-0.05, 0) is 30.4 Å². The highest BCUT2D eigenvalue weighted by atomic mass is 16.5. The van der Waals surface area contributed by atoms with Crippen LogP contribution in [0.5, 0.6) is 11.5 Å². The molecule has 5 heteroatoms. The summed E-state index contributed by atoms with van der Waals surface area (Å²) in [5, 5.41) is 2.86. The van der Waals surface area contributed by atoms with Gasteiger partial charge in [0, 0.05) is 12.1 Å². The predicted molar refractivity (Wildman–Crippen MR) is 102 cm³/mol. The zero-order valence-corrected chi connectivity index (χ0v) is 14.8. The number of hydrogen-bond acceptors (Lipinski definition) is 4. The average molecular weight is 361 g/mol. The van der Waals surface area contributed by atoms with Gasteiger partial charge in [0.15, 0.2) is 6.10 Å². The molecule has 5 nitrogen and oxygen atoms in total. The first-order chi connectivity index (χ1) is 13.2. The Morgan fingerprint density at radius 1 is 1.11 bits per heavy atom. The quantitative estimate of drug-likeness (QED) is 0.804. The van der Waals surface area contributed by atoms with E-state index in [0.717, 1.165) is 5.56 Å². The summed E-state index contributed by atoms with van der Waals surface area (Å²) >= 11 is 0. The number of carbonyl (C=O) groups is 1. The normalized spacial score (nSPS) is 15.5. The Balaban J connectivity index is 1.77. The Kier molecular flexibility index (Phi) is 5.87. The van der Waals surface area contributed by atoms with Crippen molar-refractivity contribution in [1.29, 1.82) is 0 Å². The molecule has 0 fully saturated rings. The molecular weight excluding hydrogens is 342 g/mol. The van der Waals surface area contributed by atoms with Crippen LogP contribution in [0, 0.1) is 0 Å². The molecule has 2 aromatic carbocycles. The zero-order chi connectivity index (χ0) is 19.1. The van der Waals surface area contributed by atoms with Gasteiger partial charge in [0.2, 0.25) is 0 Å². The number of amides is 1. The fourth-order valence-electron chi connectivity index (χ4n) is 2.77. The molecule has 0 radical (unpaired) electrons. The molecule has 1 N–H and O–H groups in total. The van der Waals surface area contributed by atoms with Gasteiger partial charge in [-0.25, -0.2) is 4.79 Å². The molecule has 3 rings (SSSR count). The molecule has 1 amide bonds. The van der Waals surface area contributed by atoms with Crippen LogP contribution in [0.2, 0.25) is 0 Å². The van der Waals surface area contributed by atoms with Crippen LogP contribution in [0.25, 0.3) is 0 Å². The number of nitrogens with one attached hydrogen (secondary N) is 1. The molecule has 1 atom stereocenters. The molecule has 0 spiro atoms. The van der Waals surface area contributed by atoms with Crippen molar-refractivity contribution < 1.29 is 19.1 Å². The maximum Gasteiger partial charge on any atom is 0.251 e. The minimum absolute atomic E-state index is 0.267. The maximum absolute atomic E-state index is 12.8. The van der Waals surface area contributed by atoms with Crippen LogP contribution in [0.15, 0.2) is 84.0 Å². The van der Waals surface area contributed by atoms with Crippen molar-refractivity contribution in [1.82, 2.24) is 5.32 Å². The number of ether oxygens (including phenoxy) is 2. The van der Waals surface area contributed by atoms with E-state index in [4.69, 9.17) is 9.47 Å². The molecule has 0 saturated heterocycles. The van der Waals surface area contributed by atoms with Crippen LogP contribution in [-0.2, 0) is 16.1 Å². The molecule has 0 aliphatic heterocycles. The third-order valence-corrected chi connectivity index (χ3v) is 4.13. The van der Waals surface area contributed by atoms with Gasteiger partial charge in [0.05, 0.1) is 18.3 Å². The standard InChI is InChI=1S/C22H19NO4/c1-26-20-13-6-5-8-16(20)14-23-22(25)19-12-7-9-17(15-24)21(19)27-18-10-3-2-4-11-18/h2-13,21H,14H2,1H3,(H,23,25). The van der Waals surface area contributed by atoms with Gasteiger partial charge in [-0.3, -0.25) is 4.79 Å². The molecule has 2 aromatic rings. The van der Waals surface area contributed by atoms with Gasteiger partial charge >= 0.3 is 0 Å². The van der Waals surface area contributed by atoms with Crippen LogP contribution in [0.3, 0.4) is 0 Å². The van der Waals surface area contributed by atoms with Crippen LogP contribution < -0.4 is 14.8 Å². The van der Waals surface area contributed by atoms with E-state index in [2.05, 4.69) is 5.32 Å². The fraction of sp³-hybridized carbons (Fsp3) is 0.136. The van der Waals surface area contributed by atoms with Gasteiger partial charge < -0.3 is 14.8 Å². The largest absolute Gasteiger partial charge is 0.496 e. The highest BCUT2D eigenvalue weighted by Crippen LogP contribution is 2.24. The molecule has 1 aliphatic rings. The predicted octanol–water partition coefficient (Wildman–Crippen LogP) is 3.01. The highest BCUT2D eigenvalue weighted by molar-refractivity contribution is 5.96. The molecule has 0 heterocycles. The van der Waals surface area contributed by atoms with Crippen LogP contribution in [-0.4, -0.2) is 25.1 Å². The third-order valence-electron chi connectivity index (χ3n) is 4.13. The van der Waals surface area contributed by atoms with Gasteiger partial charge in [-0.1, -0.05) is 42.5 Å². The number of methoxy groups -OCH3 is 1. The van der Waals surface area contributed by atoms with E-state index in [1.165, 1.54) is 0 Å². The van der Waals surface area contributed by atoms with Crippen molar-refractivity contribution in [2.45, 2.75) is 12.6 Å². The lowest BCUT2D eigenvalue weighted by Crippen LogP contribution is -2.35. The van der Waals surface area contributed by atoms with Gasteiger partial charge in [-0.15, -0.1) is 0 Å². The first-order valence-corrected chi connectivity index (χ1v) is 8.48. The van der Waals surface area contributed by atoms with Crippen LogP contribution in [0.4, 0.5) is 0 Å². The van der Waals surface area contributed by atoms with Crippen molar-refractivity contribution >= 4 is 11.8 Å².